The molecule has 0 spiro atoms. The molecule has 2 aliphatic rings. The first-order valence-electron chi connectivity index (χ1n) is 11.9. The van der Waals surface area contributed by atoms with Gasteiger partial charge >= 0.3 is 6.09 Å². The normalized spacial score (nSPS) is 26.1. The van der Waals surface area contributed by atoms with Crippen LogP contribution in [0.25, 0.3) is 0 Å². The van der Waals surface area contributed by atoms with Crippen molar-refractivity contribution in [3.8, 4) is 0 Å². The van der Waals surface area contributed by atoms with E-state index in [1.54, 1.807) is 0 Å². The Labute approximate surface area is 177 Å². The summed E-state index contributed by atoms with van der Waals surface area (Å²) in [6.45, 7) is 10.1. The van der Waals surface area contributed by atoms with Crippen LogP contribution in [0.5, 0.6) is 0 Å². The summed E-state index contributed by atoms with van der Waals surface area (Å²) in [6, 6.07) is -0.157. The minimum Gasteiger partial charge on any atom is -0.465 e. The Morgan fingerprint density at radius 2 is 1.79 bits per heavy atom. The first kappa shape index (κ1) is 24.2. The van der Waals surface area contributed by atoms with E-state index in [4.69, 9.17) is 4.74 Å². The van der Waals surface area contributed by atoms with E-state index in [1.165, 1.54) is 37.0 Å². The number of nitrogens with zero attached hydrogens (tertiary/aromatic N) is 1. The zero-order valence-electron chi connectivity index (χ0n) is 19.3. The molecular weight excluding hydrogens is 366 g/mol. The van der Waals surface area contributed by atoms with Crippen LogP contribution < -0.4 is 0 Å². The van der Waals surface area contributed by atoms with Gasteiger partial charge in [0.1, 0.15) is 11.5 Å². The molecule has 1 heterocycles. The van der Waals surface area contributed by atoms with Gasteiger partial charge in [-0.3, -0.25) is 9.69 Å². The second-order valence-corrected chi connectivity index (χ2v) is 10.1. The van der Waals surface area contributed by atoms with Crippen molar-refractivity contribution in [2.75, 3.05) is 0 Å². The molecule has 0 radical (unpaired) electrons. The molecule has 1 aliphatic carbocycles. The maximum absolute atomic E-state index is 12.9. The molecule has 168 valence electrons. The Morgan fingerprint density at radius 3 is 2.34 bits per heavy atom. The summed E-state index contributed by atoms with van der Waals surface area (Å²) in [7, 11) is 0. The molecule has 29 heavy (non-hydrogen) atoms. The van der Waals surface area contributed by atoms with Gasteiger partial charge in [-0.15, -0.1) is 0 Å². The highest BCUT2D eigenvalue weighted by atomic mass is 16.6. The lowest BCUT2D eigenvalue weighted by atomic mass is 9.79. The van der Waals surface area contributed by atoms with E-state index >= 15 is 0 Å². The van der Waals surface area contributed by atoms with E-state index < -0.39 is 11.8 Å². The van der Waals surface area contributed by atoms with Crippen LogP contribution in [-0.4, -0.2) is 39.8 Å². The van der Waals surface area contributed by atoms with Gasteiger partial charge in [0.05, 0.1) is 12.1 Å². The van der Waals surface area contributed by atoms with Crippen molar-refractivity contribution in [3.05, 3.63) is 0 Å². The van der Waals surface area contributed by atoms with Crippen LogP contribution in [-0.2, 0) is 9.53 Å². The summed E-state index contributed by atoms with van der Waals surface area (Å²) in [4.78, 5) is 26.6. The molecule has 0 bridgehead atoms. The van der Waals surface area contributed by atoms with Crippen LogP contribution in [0.4, 0.5) is 4.79 Å². The largest absolute Gasteiger partial charge is 0.465 e. The standard InChI is InChI=1S/C24H43NO4/c1-6-7-9-14-21(26)19(17(2)3)16-22-20(15-18-12-10-8-11-13-18)25(23(27)28)24(4,5)29-22/h17-20,22H,6-16H2,1-5H3,(H,27,28)/t19-,20-,22-/m0/s1. The van der Waals surface area contributed by atoms with Gasteiger partial charge in [-0.2, -0.15) is 0 Å². The van der Waals surface area contributed by atoms with Crippen LogP contribution in [0.1, 0.15) is 105 Å². The third-order valence-electron chi connectivity index (χ3n) is 7.02. The number of carboxylic acid groups (broad SMARTS) is 1. The predicted molar refractivity (Wildman–Crippen MR) is 116 cm³/mol. The summed E-state index contributed by atoms with van der Waals surface area (Å²) in [5.74, 6) is 1.06. The molecule has 5 heteroatoms. The van der Waals surface area contributed by atoms with Gasteiger partial charge in [0.15, 0.2) is 0 Å². The topological polar surface area (TPSA) is 66.8 Å². The number of unbranched alkanes of at least 4 members (excludes halogenated alkanes) is 2. The van der Waals surface area contributed by atoms with Crippen LogP contribution in [0.2, 0.25) is 0 Å². The number of hydrogen-bond donors (Lipinski definition) is 1. The van der Waals surface area contributed by atoms with E-state index in [1.807, 2.05) is 13.8 Å². The molecular formula is C24H43NO4. The molecule has 2 fully saturated rings. The fraction of sp³-hybridized carbons (Fsp3) is 0.917. The molecule has 1 saturated carbocycles. The number of ether oxygens (including phenoxy) is 1. The molecule has 3 atom stereocenters. The van der Waals surface area contributed by atoms with Crippen molar-refractivity contribution >= 4 is 11.9 Å². The monoisotopic (exact) mass is 409 g/mol. The van der Waals surface area contributed by atoms with Gasteiger partial charge in [-0.1, -0.05) is 65.7 Å². The molecule has 1 N–H and O–H groups in total. The maximum atomic E-state index is 12.9. The Balaban J connectivity index is 2.16. The molecule has 0 aromatic carbocycles. The fourth-order valence-corrected chi connectivity index (χ4v) is 5.43. The number of carbonyl (C=O) groups is 2. The van der Waals surface area contributed by atoms with E-state index in [9.17, 15) is 14.7 Å². The Morgan fingerprint density at radius 1 is 1.14 bits per heavy atom. The maximum Gasteiger partial charge on any atom is 0.409 e. The number of amides is 1. The molecule has 0 aromatic rings. The van der Waals surface area contributed by atoms with Crippen LogP contribution in [0.3, 0.4) is 0 Å². The smallest absolute Gasteiger partial charge is 0.409 e. The minimum atomic E-state index is -0.909. The fourth-order valence-electron chi connectivity index (χ4n) is 5.43. The second-order valence-electron chi connectivity index (χ2n) is 10.1. The molecule has 5 nitrogen and oxygen atoms in total. The van der Waals surface area contributed by atoms with Crippen molar-refractivity contribution < 1.29 is 19.4 Å². The molecule has 1 aliphatic heterocycles. The molecule has 2 rings (SSSR count). The van der Waals surface area contributed by atoms with Crippen molar-refractivity contribution in [1.82, 2.24) is 4.90 Å². The Bertz CT molecular complexity index is 539. The van der Waals surface area contributed by atoms with Gasteiger partial charge in [0.25, 0.3) is 0 Å². The van der Waals surface area contributed by atoms with E-state index in [-0.39, 0.29) is 24.0 Å². The van der Waals surface area contributed by atoms with Crippen LogP contribution in [0, 0.1) is 17.8 Å². The summed E-state index contributed by atoms with van der Waals surface area (Å²) in [6.07, 6.45) is 10.3. The van der Waals surface area contributed by atoms with Crippen LogP contribution >= 0.6 is 0 Å². The minimum absolute atomic E-state index is 0.0599. The Kier molecular flexibility index (Phi) is 8.99. The highest BCUT2D eigenvalue weighted by Gasteiger charge is 2.51. The summed E-state index contributed by atoms with van der Waals surface area (Å²) >= 11 is 0. The number of carbonyl (C=O) groups excluding carboxylic acids is 1. The lowest BCUT2D eigenvalue weighted by molar-refractivity contribution is -0.127. The lowest BCUT2D eigenvalue weighted by Crippen LogP contribution is -2.48. The highest BCUT2D eigenvalue weighted by molar-refractivity contribution is 5.81. The van der Waals surface area contributed by atoms with E-state index in [2.05, 4.69) is 20.8 Å². The zero-order chi connectivity index (χ0) is 21.6. The summed E-state index contributed by atoms with van der Waals surface area (Å²) in [5, 5.41) is 9.94. The number of ketones is 1. The first-order chi connectivity index (χ1) is 13.7. The molecule has 1 amide bonds. The van der Waals surface area contributed by atoms with Gasteiger partial charge in [0.2, 0.25) is 0 Å². The van der Waals surface area contributed by atoms with Crippen LogP contribution in [0.15, 0.2) is 0 Å². The second kappa shape index (κ2) is 10.8. The zero-order valence-corrected chi connectivity index (χ0v) is 19.3. The third-order valence-corrected chi connectivity index (χ3v) is 7.02. The average molecular weight is 410 g/mol. The molecule has 0 unspecified atom stereocenters. The predicted octanol–water partition coefficient (Wildman–Crippen LogP) is 6.25. The van der Waals surface area contributed by atoms with Crippen molar-refractivity contribution in [3.63, 3.8) is 0 Å². The quantitative estimate of drug-likeness (QED) is 0.433. The van der Waals surface area contributed by atoms with Gasteiger partial charge in [-0.25, -0.2) is 4.79 Å². The molecule has 1 saturated heterocycles. The van der Waals surface area contributed by atoms with E-state index in [0.717, 1.165) is 25.7 Å². The lowest BCUT2D eigenvalue weighted by Gasteiger charge is -2.34. The summed E-state index contributed by atoms with van der Waals surface area (Å²) < 4.78 is 6.33. The van der Waals surface area contributed by atoms with Crippen molar-refractivity contribution in [2.45, 2.75) is 123 Å². The first-order valence-corrected chi connectivity index (χ1v) is 11.9. The van der Waals surface area contributed by atoms with Crippen molar-refractivity contribution in [2.24, 2.45) is 17.8 Å². The van der Waals surface area contributed by atoms with Gasteiger partial charge in [-0.05, 0) is 44.9 Å². The number of Topliss-reactive ketones (excluding diaryl/α,β-unsaturated/α-hetero) is 1. The van der Waals surface area contributed by atoms with E-state index in [0.29, 0.717) is 24.5 Å². The highest BCUT2D eigenvalue weighted by Crippen LogP contribution is 2.41. The number of hydrogen-bond acceptors (Lipinski definition) is 3. The average Bonchev–Trinajstić information content (AvgIpc) is 2.89. The third kappa shape index (κ3) is 6.44. The summed E-state index contributed by atoms with van der Waals surface area (Å²) in [5.41, 5.74) is -0.845. The van der Waals surface area contributed by atoms with Gasteiger partial charge < -0.3 is 9.84 Å². The Hall–Kier alpha value is -1.10. The number of rotatable bonds is 10. The van der Waals surface area contributed by atoms with Crippen molar-refractivity contribution in [1.29, 1.82) is 0 Å². The van der Waals surface area contributed by atoms with Gasteiger partial charge in [0, 0.05) is 12.3 Å². The molecule has 0 aromatic heterocycles. The SMILES string of the molecule is CCCCCC(=O)[C@@H](C[C@@H]1OC(C)(C)N(C(=O)O)[C@H]1CC1CCCCC1)C(C)C.